The first-order valence-corrected chi connectivity index (χ1v) is 15.9. The molecule has 4 aromatic carbocycles. The number of benzene rings is 4. The van der Waals surface area contributed by atoms with E-state index >= 15 is 0 Å². The summed E-state index contributed by atoms with van der Waals surface area (Å²) in [6.07, 6.45) is 1.20. The zero-order valence-corrected chi connectivity index (χ0v) is 25.6. The zero-order chi connectivity index (χ0) is 31.3. The molecule has 0 aliphatic carbocycles. The van der Waals surface area contributed by atoms with E-state index in [1.807, 2.05) is 67.7 Å². The second-order valence-corrected chi connectivity index (χ2v) is 12.5. The Bertz CT molecular complexity index is 1790. The van der Waals surface area contributed by atoms with E-state index in [1.165, 1.54) is 17.7 Å². The second kappa shape index (κ2) is 13.2. The molecule has 5 rings (SSSR count). The molecule has 1 heterocycles. The van der Waals surface area contributed by atoms with E-state index in [-0.39, 0.29) is 5.91 Å². The number of hydrogen-bond acceptors (Lipinski definition) is 7. The number of rotatable bonds is 11. The van der Waals surface area contributed by atoms with Crippen molar-refractivity contribution in [1.29, 1.82) is 0 Å². The van der Waals surface area contributed by atoms with Crippen molar-refractivity contribution in [3.63, 3.8) is 0 Å². The highest BCUT2D eigenvalue weighted by Crippen LogP contribution is 2.38. The number of carbonyl (C=O) groups excluding carboxylic acids is 2. The maximum atomic E-state index is 13.3. The molecule has 9 nitrogen and oxygen atoms in total. The SMILES string of the molecule is COC(=O)c1ccc2c(c1)NC(=O)C2=C(Nc1ccc(N(CCN(C)Cc2ccccc2)S(C)(=O)=O)cc1)c1ccccc1. The molecule has 1 aliphatic heterocycles. The summed E-state index contributed by atoms with van der Waals surface area (Å²) in [5, 5.41) is 6.25. The molecule has 0 saturated heterocycles. The minimum absolute atomic E-state index is 0.290. The molecular weight excluding hydrogens is 576 g/mol. The van der Waals surface area contributed by atoms with Crippen molar-refractivity contribution in [2.24, 2.45) is 0 Å². The Morgan fingerprint density at radius 2 is 1.52 bits per heavy atom. The van der Waals surface area contributed by atoms with Gasteiger partial charge in [0.1, 0.15) is 0 Å². The maximum Gasteiger partial charge on any atom is 0.337 e. The average Bonchev–Trinajstić information content (AvgIpc) is 3.35. The number of hydrogen-bond donors (Lipinski definition) is 2. The lowest BCUT2D eigenvalue weighted by molar-refractivity contribution is -0.110. The Morgan fingerprint density at radius 1 is 0.864 bits per heavy atom. The van der Waals surface area contributed by atoms with Crippen LogP contribution in [-0.4, -0.2) is 58.7 Å². The predicted molar refractivity (Wildman–Crippen MR) is 175 cm³/mol. The van der Waals surface area contributed by atoms with Gasteiger partial charge in [-0.25, -0.2) is 13.2 Å². The van der Waals surface area contributed by atoms with Crippen molar-refractivity contribution in [3.05, 3.63) is 125 Å². The molecule has 0 unspecified atom stereocenters. The molecule has 44 heavy (non-hydrogen) atoms. The fraction of sp³-hybridized carbons (Fsp3) is 0.176. The number of carbonyl (C=O) groups is 2. The highest BCUT2D eigenvalue weighted by atomic mass is 32.2. The highest BCUT2D eigenvalue weighted by molar-refractivity contribution is 7.92. The lowest BCUT2D eigenvalue weighted by atomic mass is 9.99. The number of fused-ring (bicyclic) bond motifs is 1. The van der Waals surface area contributed by atoms with E-state index in [4.69, 9.17) is 4.74 Å². The number of ether oxygens (including phenoxy) is 1. The van der Waals surface area contributed by atoms with Crippen LogP contribution in [0.25, 0.3) is 11.3 Å². The zero-order valence-electron chi connectivity index (χ0n) is 24.8. The highest BCUT2D eigenvalue weighted by Gasteiger charge is 2.29. The molecule has 1 amide bonds. The molecule has 0 spiro atoms. The topological polar surface area (TPSA) is 108 Å². The van der Waals surface area contributed by atoms with Crippen LogP contribution in [0.4, 0.5) is 17.1 Å². The van der Waals surface area contributed by atoms with Crippen LogP contribution in [0.3, 0.4) is 0 Å². The monoisotopic (exact) mass is 610 g/mol. The number of esters is 1. The first-order valence-electron chi connectivity index (χ1n) is 14.0. The van der Waals surface area contributed by atoms with Crippen LogP contribution in [0.2, 0.25) is 0 Å². The second-order valence-electron chi connectivity index (χ2n) is 10.6. The maximum absolute atomic E-state index is 13.3. The van der Waals surface area contributed by atoms with E-state index in [0.29, 0.717) is 59.1 Å². The molecule has 0 atom stereocenters. The van der Waals surface area contributed by atoms with Crippen LogP contribution in [-0.2, 0) is 26.1 Å². The molecule has 226 valence electrons. The third-order valence-corrected chi connectivity index (χ3v) is 8.50. The number of sulfonamides is 1. The van der Waals surface area contributed by atoms with Crippen LogP contribution in [0, 0.1) is 0 Å². The number of amides is 1. The number of likely N-dealkylation sites (N-methyl/N-ethyl adjacent to an activating group) is 1. The number of methoxy groups -OCH3 is 1. The van der Waals surface area contributed by atoms with Gasteiger partial charge in [0.05, 0.1) is 41.6 Å². The van der Waals surface area contributed by atoms with Gasteiger partial charge >= 0.3 is 5.97 Å². The lowest BCUT2D eigenvalue weighted by Gasteiger charge is -2.26. The van der Waals surface area contributed by atoms with E-state index in [1.54, 1.807) is 42.5 Å². The average molecular weight is 611 g/mol. The summed E-state index contributed by atoms with van der Waals surface area (Å²) in [5.74, 6) is -0.806. The largest absolute Gasteiger partial charge is 0.465 e. The summed E-state index contributed by atoms with van der Waals surface area (Å²) in [6, 6.07) is 31.5. The first-order chi connectivity index (χ1) is 21.1. The van der Waals surface area contributed by atoms with Gasteiger partial charge in [-0.2, -0.15) is 0 Å². The molecule has 0 fully saturated rings. The first kappa shape index (κ1) is 30.5. The molecule has 0 radical (unpaired) electrons. The van der Waals surface area contributed by atoms with E-state index in [9.17, 15) is 18.0 Å². The van der Waals surface area contributed by atoms with E-state index in [2.05, 4.69) is 15.5 Å². The number of anilines is 3. The summed E-state index contributed by atoms with van der Waals surface area (Å²) < 4.78 is 31.8. The van der Waals surface area contributed by atoms with Gasteiger partial charge in [0.2, 0.25) is 10.0 Å². The predicted octanol–water partition coefficient (Wildman–Crippen LogP) is 5.30. The van der Waals surface area contributed by atoms with Gasteiger partial charge in [-0.05, 0) is 54.6 Å². The lowest BCUT2D eigenvalue weighted by Crippen LogP contribution is -2.36. The quantitative estimate of drug-likeness (QED) is 0.175. The molecule has 2 N–H and O–H groups in total. The van der Waals surface area contributed by atoms with E-state index in [0.717, 1.165) is 11.1 Å². The van der Waals surface area contributed by atoms with Crippen LogP contribution < -0.4 is 14.9 Å². The summed E-state index contributed by atoms with van der Waals surface area (Å²) >= 11 is 0. The van der Waals surface area contributed by atoms with Gasteiger partial charge in [-0.15, -0.1) is 0 Å². The normalized spacial score (nSPS) is 13.7. The summed E-state index contributed by atoms with van der Waals surface area (Å²) in [7, 11) is -0.267. The van der Waals surface area contributed by atoms with Crippen molar-refractivity contribution < 1.29 is 22.7 Å². The summed E-state index contributed by atoms with van der Waals surface area (Å²) in [5.41, 5.74) is 5.63. The molecule has 0 saturated carbocycles. The van der Waals surface area contributed by atoms with Crippen LogP contribution in [0.1, 0.15) is 27.0 Å². The third-order valence-electron chi connectivity index (χ3n) is 7.30. The van der Waals surface area contributed by atoms with Crippen LogP contribution in [0.15, 0.2) is 103 Å². The molecule has 4 aromatic rings. The molecule has 0 aromatic heterocycles. The van der Waals surface area contributed by atoms with Gasteiger partial charge in [0.25, 0.3) is 5.91 Å². The molecule has 10 heteroatoms. The van der Waals surface area contributed by atoms with Crippen molar-refractivity contribution in [2.75, 3.05) is 48.4 Å². The van der Waals surface area contributed by atoms with Gasteiger partial charge in [0, 0.05) is 30.9 Å². The van der Waals surface area contributed by atoms with Crippen LogP contribution in [0.5, 0.6) is 0 Å². The fourth-order valence-corrected chi connectivity index (χ4v) is 6.05. The van der Waals surface area contributed by atoms with Gasteiger partial charge < -0.3 is 20.3 Å². The third kappa shape index (κ3) is 6.99. The minimum atomic E-state index is -3.54. The number of nitrogens with zero attached hydrogens (tertiary/aromatic N) is 2. The Kier molecular flexibility index (Phi) is 9.12. The van der Waals surface area contributed by atoms with Gasteiger partial charge in [-0.1, -0.05) is 66.7 Å². The Labute approximate surface area is 257 Å². The summed E-state index contributed by atoms with van der Waals surface area (Å²) in [4.78, 5) is 27.4. The Balaban J connectivity index is 1.41. The Morgan fingerprint density at radius 3 is 2.16 bits per heavy atom. The smallest absolute Gasteiger partial charge is 0.337 e. The number of nitrogens with one attached hydrogen (secondary N) is 2. The molecule has 0 bridgehead atoms. The standard InChI is InChI=1S/C34H34N4O5S/c1-37(23-24-10-6-4-7-11-24)20-21-38(44(3,41)42)28-17-15-27(16-18-28)35-32(25-12-8-5-9-13-25)31-29-19-14-26(34(40)43-2)22-30(29)36-33(31)39/h4-19,22,35H,20-21,23H2,1-3H3,(H,36,39). The molecular formula is C34H34N4O5S. The van der Waals surface area contributed by atoms with E-state index < -0.39 is 16.0 Å². The summed E-state index contributed by atoms with van der Waals surface area (Å²) in [6.45, 7) is 1.54. The van der Waals surface area contributed by atoms with Gasteiger partial charge in [0.15, 0.2) is 0 Å². The van der Waals surface area contributed by atoms with Crippen molar-refractivity contribution in [1.82, 2.24) is 4.90 Å². The van der Waals surface area contributed by atoms with Gasteiger partial charge in [-0.3, -0.25) is 9.10 Å². The van der Waals surface area contributed by atoms with Crippen molar-refractivity contribution >= 4 is 50.2 Å². The van der Waals surface area contributed by atoms with Crippen molar-refractivity contribution in [2.45, 2.75) is 6.54 Å². The molecule has 1 aliphatic rings. The minimum Gasteiger partial charge on any atom is -0.465 e. The van der Waals surface area contributed by atoms with Crippen LogP contribution >= 0.6 is 0 Å². The Hall–Kier alpha value is -4.93. The fourth-order valence-electron chi connectivity index (χ4n) is 5.13. The van der Waals surface area contributed by atoms with Crippen molar-refractivity contribution in [3.8, 4) is 0 Å².